The van der Waals surface area contributed by atoms with E-state index >= 15 is 0 Å². The number of halogens is 1. The van der Waals surface area contributed by atoms with Gasteiger partial charge in [0, 0.05) is 13.1 Å². The maximum Gasteiger partial charge on any atom is 0.147 e. The Balaban J connectivity index is 2.15. The third-order valence-electron chi connectivity index (χ3n) is 2.93. The van der Waals surface area contributed by atoms with Crippen LogP contribution in [-0.4, -0.2) is 18.1 Å². The zero-order valence-corrected chi connectivity index (χ0v) is 9.67. The Hall–Kier alpha value is -0.960. The summed E-state index contributed by atoms with van der Waals surface area (Å²) in [7, 11) is 0. The van der Waals surface area contributed by atoms with Gasteiger partial charge in [-0.3, -0.25) is 0 Å². The van der Waals surface area contributed by atoms with Gasteiger partial charge in [0.15, 0.2) is 0 Å². The van der Waals surface area contributed by atoms with E-state index in [2.05, 4.69) is 16.8 Å². The molecule has 0 saturated carbocycles. The van der Waals surface area contributed by atoms with Crippen LogP contribution in [0.2, 0.25) is 5.02 Å². The van der Waals surface area contributed by atoms with Gasteiger partial charge in [0.1, 0.15) is 5.82 Å². The van der Waals surface area contributed by atoms with Crippen molar-refractivity contribution in [3.63, 3.8) is 0 Å². The minimum absolute atomic E-state index is 0.620. The average molecular weight is 226 g/mol. The van der Waals surface area contributed by atoms with Gasteiger partial charge in [0.2, 0.25) is 0 Å². The molecule has 0 bridgehead atoms. The molecule has 1 aliphatic rings. The molecule has 0 radical (unpaired) electrons. The van der Waals surface area contributed by atoms with Gasteiger partial charge in [0.05, 0.1) is 16.9 Å². The van der Waals surface area contributed by atoms with Crippen molar-refractivity contribution in [3.8, 4) is 0 Å². The topological polar surface area (TPSA) is 42.2 Å². The molecule has 1 fully saturated rings. The summed E-state index contributed by atoms with van der Waals surface area (Å²) in [5, 5.41) is 0.657. The van der Waals surface area contributed by atoms with Crippen LogP contribution in [0.4, 0.5) is 11.5 Å². The highest BCUT2D eigenvalue weighted by molar-refractivity contribution is 6.33. The van der Waals surface area contributed by atoms with E-state index in [0.29, 0.717) is 10.7 Å². The quantitative estimate of drug-likeness (QED) is 0.799. The SMILES string of the molecule is CC1CCN(c2ncc(N)cc2Cl)CC1. The maximum absolute atomic E-state index is 6.12. The molecule has 15 heavy (non-hydrogen) atoms. The molecule has 82 valence electrons. The van der Waals surface area contributed by atoms with E-state index in [1.807, 2.05) is 0 Å². The van der Waals surface area contributed by atoms with Crippen molar-refractivity contribution in [2.24, 2.45) is 5.92 Å². The Kier molecular flexibility index (Phi) is 3.00. The van der Waals surface area contributed by atoms with Crippen molar-refractivity contribution in [2.75, 3.05) is 23.7 Å². The van der Waals surface area contributed by atoms with Crippen molar-refractivity contribution >= 4 is 23.1 Å². The molecule has 2 N–H and O–H groups in total. The lowest BCUT2D eigenvalue weighted by Gasteiger charge is -2.31. The third-order valence-corrected chi connectivity index (χ3v) is 3.20. The molecule has 1 saturated heterocycles. The first kappa shape index (κ1) is 10.6. The summed E-state index contributed by atoms with van der Waals surface area (Å²) < 4.78 is 0. The molecule has 0 spiro atoms. The summed E-state index contributed by atoms with van der Waals surface area (Å²) in [6.07, 6.45) is 4.09. The molecule has 0 amide bonds. The Morgan fingerprint density at radius 1 is 1.47 bits per heavy atom. The summed E-state index contributed by atoms with van der Waals surface area (Å²) in [5.41, 5.74) is 6.23. The van der Waals surface area contributed by atoms with Crippen LogP contribution in [0.25, 0.3) is 0 Å². The maximum atomic E-state index is 6.12. The molecule has 0 aliphatic carbocycles. The minimum Gasteiger partial charge on any atom is -0.397 e. The molecule has 1 aromatic rings. The molecule has 0 unspecified atom stereocenters. The van der Waals surface area contributed by atoms with E-state index in [1.54, 1.807) is 12.3 Å². The molecule has 0 aromatic carbocycles. The van der Waals surface area contributed by atoms with E-state index in [-0.39, 0.29) is 0 Å². The average Bonchev–Trinajstić information content (AvgIpc) is 2.20. The van der Waals surface area contributed by atoms with Crippen LogP contribution in [0.1, 0.15) is 19.8 Å². The van der Waals surface area contributed by atoms with Gasteiger partial charge in [-0.15, -0.1) is 0 Å². The standard InChI is InChI=1S/C11H16ClN3/c1-8-2-4-15(5-3-8)11-10(12)6-9(13)7-14-11/h6-8H,2-5,13H2,1H3. The van der Waals surface area contributed by atoms with Gasteiger partial charge >= 0.3 is 0 Å². The van der Waals surface area contributed by atoms with Gasteiger partial charge in [-0.2, -0.15) is 0 Å². The van der Waals surface area contributed by atoms with Gasteiger partial charge in [0.25, 0.3) is 0 Å². The lowest BCUT2D eigenvalue weighted by Crippen LogP contribution is -2.33. The van der Waals surface area contributed by atoms with Gasteiger partial charge in [-0.1, -0.05) is 18.5 Å². The fourth-order valence-corrected chi connectivity index (χ4v) is 2.19. The number of nitrogens with zero attached hydrogens (tertiary/aromatic N) is 2. The largest absolute Gasteiger partial charge is 0.397 e. The van der Waals surface area contributed by atoms with Crippen molar-refractivity contribution in [1.82, 2.24) is 4.98 Å². The van der Waals surface area contributed by atoms with Crippen LogP contribution < -0.4 is 10.6 Å². The zero-order valence-electron chi connectivity index (χ0n) is 8.91. The summed E-state index contributed by atoms with van der Waals surface area (Å²) in [6, 6.07) is 1.77. The number of rotatable bonds is 1. The molecular formula is C11H16ClN3. The molecule has 2 rings (SSSR count). The van der Waals surface area contributed by atoms with Gasteiger partial charge in [-0.25, -0.2) is 4.98 Å². The Bertz CT molecular complexity index is 346. The number of hydrogen-bond donors (Lipinski definition) is 1. The number of pyridine rings is 1. The predicted molar refractivity (Wildman–Crippen MR) is 64.3 cm³/mol. The fraction of sp³-hybridized carbons (Fsp3) is 0.545. The van der Waals surface area contributed by atoms with Crippen molar-refractivity contribution in [2.45, 2.75) is 19.8 Å². The number of hydrogen-bond acceptors (Lipinski definition) is 3. The van der Waals surface area contributed by atoms with E-state index in [0.717, 1.165) is 24.8 Å². The van der Waals surface area contributed by atoms with Crippen LogP contribution in [-0.2, 0) is 0 Å². The first-order chi connectivity index (χ1) is 7.16. The Labute approximate surface area is 95.2 Å². The van der Waals surface area contributed by atoms with E-state index < -0.39 is 0 Å². The van der Waals surface area contributed by atoms with Crippen LogP contribution >= 0.6 is 11.6 Å². The van der Waals surface area contributed by atoms with Crippen molar-refractivity contribution < 1.29 is 0 Å². The van der Waals surface area contributed by atoms with Crippen molar-refractivity contribution in [3.05, 3.63) is 17.3 Å². The molecule has 3 nitrogen and oxygen atoms in total. The number of nitrogen functional groups attached to an aromatic ring is 1. The number of nitrogens with two attached hydrogens (primary N) is 1. The smallest absolute Gasteiger partial charge is 0.147 e. The minimum atomic E-state index is 0.620. The van der Waals surface area contributed by atoms with E-state index in [1.165, 1.54) is 12.8 Å². The molecule has 1 aliphatic heterocycles. The number of aromatic nitrogens is 1. The number of anilines is 2. The summed E-state index contributed by atoms with van der Waals surface area (Å²) in [5.74, 6) is 1.69. The highest BCUT2D eigenvalue weighted by atomic mass is 35.5. The summed E-state index contributed by atoms with van der Waals surface area (Å²) in [4.78, 5) is 6.53. The zero-order chi connectivity index (χ0) is 10.8. The Morgan fingerprint density at radius 2 is 2.13 bits per heavy atom. The van der Waals surface area contributed by atoms with Crippen LogP contribution in [0, 0.1) is 5.92 Å². The summed E-state index contributed by atoms with van der Waals surface area (Å²) >= 11 is 6.12. The van der Waals surface area contributed by atoms with Crippen LogP contribution in [0.5, 0.6) is 0 Å². The monoisotopic (exact) mass is 225 g/mol. The second kappa shape index (κ2) is 4.27. The first-order valence-electron chi connectivity index (χ1n) is 5.33. The first-order valence-corrected chi connectivity index (χ1v) is 5.70. The second-order valence-electron chi connectivity index (χ2n) is 4.24. The molecule has 1 aromatic heterocycles. The second-order valence-corrected chi connectivity index (χ2v) is 4.65. The van der Waals surface area contributed by atoms with Crippen LogP contribution in [0.3, 0.4) is 0 Å². The molecule has 4 heteroatoms. The summed E-state index contributed by atoms with van der Waals surface area (Å²) in [6.45, 7) is 4.37. The van der Waals surface area contributed by atoms with Crippen LogP contribution in [0.15, 0.2) is 12.3 Å². The fourth-order valence-electron chi connectivity index (χ4n) is 1.90. The highest BCUT2D eigenvalue weighted by Crippen LogP contribution is 2.28. The molecular weight excluding hydrogens is 210 g/mol. The molecule has 0 atom stereocenters. The molecule has 2 heterocycles. The lowest BCUT2D eigenvalue weighted by atomic mass is 9.99. The lowest BCUT2D eigenvalue weighted by molar-refractivity contribution is 0.436. The van der Waals surface area contributed by atoms with E-state index in [9.17, 15) is 0 Å². The van der Waals surface area contributed by atoms with E-state index in [4.69, 9.17) is 17.3 Å². The number of piperidine rings is 1. The van der Waals surface area contributed by atoms with Crippen molar-refractivity contribution in [1.29, 1.82) is 0 Å². The predicted octanol–water partition coefficient (Wildman–Crippen LogP) is 2.55. The normalized spacial score (nSPS) is 18.1. The Morgan fingerprint density at radius 3 is 2.73 bits per heavy atom. The third kappa shape index (κ3) is 2.34. The highest BCUT2D eigenvalue weighted by Gasteiger charge is 2.18. The van der Waals surface area contributed by atoms with Gasteiger partial charge < -0.3 is 10.6 Å². The van der Waals surface area contributed by atoms with Gasteiger partial charge in [-0.05, 0) is 24.8 Å².